The highest BCUT2D eigenvalue weighted by Crippen LogP contribution is 2.26. The molecule has 5 heteroatoms. The lowest BCUT2D eigenvalue weighted by Crippen LogP contribution is -2.42. The van der Waals surface area contributed by atoms with E-state index in [1.807, 2.05) is 0 Å². The van der Waals surface area contributed by atoms with E-state index in [1.54, 1.807) is 0 Å². The van der Waals surface area contributed by atoms with E-state index < -0.39 is 18.1 Å². The van der Waals surface area contributed by atoms with Gasteiger partial charge >= 0.3 is 6.18 Å². The van der Waals surface area contributed by atoms with Gasteiger partial charge in [-0.1, -0.05) is 6.92 Å². The van der Waals surface area contributed by atoms with Gasteiger partial charge in [0.15, 0.2) is 0 Å². The Balaban J connectivity index is 3.94. The standard InChI is InChI=1S/C5H11F3N2/c1-3(4(10)2-9)5(6,7)8/h3-4H,2,9-10H2,1H3. The molecule has 2 unspecified atom stereocenters. The minimum Gasteiger partial charge on any atom is -0.329 e. The van der Waals surface area contributed by atoms with Crippen LogP contribution >= 0.6 is 0 Å². The molecule has 4 N–H and O–H groups in total. The molecular formula is C5H11F3N2. The minimum atomic E-state index is -4.22. The number of nitrogens with two attached hydrogens (primary N) is 2. The second kappa shape index (κ2) is 3.21. The Hall–Kier alpha value is -0.290. The molecule has 0 saturated heterocycles. The molecule has 0 amide bonds. The van der Waals surface area contributed by atoms with Gasteiger partial charge in [-0.05, 0) is 0 Å². The topological polar surface area (TPSA) is 52.0 Å². The maximum absolute atomic E-state index is 11.8. The smallest absolute Gasteiger partial charge is 0.329 e. The zero-order chi connectivity index (χ0) is 8.36. The highest BCUT2D eigenvalue weighted by Gasteiger charge is 2.39. The van der Waals surface area contributed by atoms with Crippen molar-refractivity contribution >= 4 is 0 Å². The minimum absolute atomic E-state index is 0.138. The average Bonchev–Trinajstić information content (AvgIpc) is 1.83. The maximum atomic E-state index is 11.8. The first kappa shape index (κ1) is 9.71. The summed E-state index contributed by atoms with van der Waals surface area (Å²) in [6, 6.07) is -0.986. The highest BCUT2D eigenvalue weighted by atomic mass is 19.4. The van der Waals surface area contributed by atoms with Crippen molar-refractivity contribution in [1.82, 2.24) is 0 Å². The average molecular weight is 156 g/mol. The molecule has 0 aliphatic carbocycles. The van der Waals surface area contributed by atoms with Crippen LogP contribution in [0.1, 0.15) is 6.92 Å². The van der Waals surface area contributed by atoms with E-state index >= 15 is 0 Å². The molecule has 10 heavy (non-hydrogen) atoms. The van der Waals surface area contributed by atoms with Gasteiger partial charge in [-0.15, -0.1) is 0 Å². The fourth-order valence-corrected chi connectivity index (χ4v) is 0.447. The van der Waals surface area contributed by atoms with Crippen molar-refractivity contribution < 1.29 is 13.2 Å². The first-order chi connectivity index (χ1) is 4.39. The summed E-state index contributed by atoms with van der Waals surface area (Å²) in [4.78, 5) is 0. The van der Waals surface area contributed by atoms with E-state index in [1.165, 1.54) is 0 Å². The molecule has 0 aliphatic heterocycles. The lowest BCUT2D eigenvalue weighted by Gasteiger charge is -2.20. The van der Waals surface area contributed by atoms with Crippen LogP contribution < -0.4 is 11.5 Å². The number of hydrogen-bond donors (Lipinski definition) is 2. The van der Waals surface area contributed by atoms with Gasteiger partial charge in [0.25, 0.3) is 0 Å². The number of rotatable bonds is 2. The lowest BCUT2D eigenvalue weighted by atomic mass is 10.0. The van der Waals surface area contributed by atoms with Crippen molar-refractivity contribution in [3.63, 3.8) is 0 Å². The van der Waals surface area contributed by atoms with E-state index in [-0.39, 0.29) is 6.54 Å². The maximum Gasteiger partial charge on any atom is 0.393 e. The van der Waals surface area contributed by atoms with Gasteiger partial charge in [-0.25, -0.2) is 0 Å². The Bertz CT molecular complexity index is 102. The van der Waals surface area contributed by atoms with Gasteiger partial charge in [-0.2, -0.15) is 13.2 Å². The monoisotopic (exact) mass is 156 g/mol. The molecule has 0 aromatic rings. The lowest BCUT2D eigenvalue weighted by molar-refractivity contribution is -0.174. The molecule has 0 aliphatic rings. The molecule has 0 aromatic heterocycles. The summed E-state index contributed by atoms with van der Waals surface area (Å²) in [6.45, 7) is 0.887. The summed E-state index contributed by atoms with van der Waals surface area (Å²) in [5.41, 5.74) is 10.0. The van der Waals surface area contributed by atoms with E-state index in [9.17, 15) is 13.2 Å². The molecule has 2 nitrogen and oxygen atoms in total. The molecule has 0 aromatic carbocycles. The number of alkyl halides is 3. The summed E-state index contributed by atoms with van der Waals surface area (Å²) in [6.07, 6.45) is -4.22. The molecular weight excluding hydrogens is 145 g/mol. The Kier molecular flexibility index (Phi) is 3.11. The Morgan fingerprint density at radius 1 is 1.40 bits per heavy atom. The van der Waals surface area contributed by atoms with Gasteiger partial charge in [-0.3, -0.25) is 0 Å². The molecule has 0 heterocycles. The molecule has 62 valence electrons. The zero-order valence-electron chi connectivity index (χ0n) is 5.65. The quantitative estimate of drug-likeness (QED) is 0.610. The zero-order valence-corrected chi connectivity index (χ0v) is 5.65. The second-order valence-corrected chi connectivity index (χ2v) is 2.23. The van der Waals surface area contributed by atoms with Crippen LogP contribution in [0.4, 0.5) is 13.2 Å². The van der Waals surface area contributed by atoms with Gasteiger partial charge in [0, 0.05) is 12.6 Å². The third-order valence-corrected chi connectivity index (χ3v) is 1.43. The Labute approximate surface area is 57.4 Å². The van der Waals surface area contributed by atoms with Crippen molar-refractivity contribution in [2.24, 2.45) is 17.4 Å². The Morgan fingerprint density at radius 3 is 1.90 bits per heavy atom. The summed E-state index contributed by atoms with van der Waals surface area (Å²) in [5, 5.41) is 0. The van der Waals surface area contributed by atoms with Crippen LogP contribution in [0, 0.1) is 5.92 Å². The molecule has 0 spiro atoms. The normalized spacial score (nSPS) is 18.6. The van der Waals surface area contributed by atoms with Crippen LogP contribution in [0.2, 0.25) is 0 Å². The molecule has 0 saturated carbocycles. The molecule has 0 bridgehead atoms. The third-order valence-electron chi connectivity index (χ3n) is 1.43. The largest absolute Gasteiger partial charge is 0.393 e. The van der Waals surface area contributed by atoms with Crippen molar-refractivity contribution in [3.8, 4) is 0 Å². The summed E-state index contributed by atoms with van der Waals surface area (Å²) >= 11 is 0. The first-order valence-corrected chi connectivity index (χ1v) is 2.92. The summed E-state index contributed by atoms with van der Waals surface area (Å²) in [7, 11) is 0. The summed E-state index contributed by atoms with van der Waals surface area (Å²) < 4.78 is 35.3. The van der Waals surface area contributed by atoms with Crippen molar-refractivity contribution in [2.75, 3.05) is 6.54 Å². The van der Waals surface area contributed by atoms with Crippen molar-refractivity contribution in [1.29, 1.82) is 0 Å². The van der Waals surface area contributed by atoms with Crippen LogP contribution in [0.25, 0.3) is 0 Å². The molecule has 2 atom stereocenters. The van der Waals surface area contributed by atoms with Gasteiger partial charge in [0.05, 0.1) is 5.92 Å². The van der Waals surface area contributed by atoms with Crippen molar-refractivity contribution in [3.05, 3.63) is 0 Å². The van der Waals surface area contributed by atoms with E-state index in [4.69, 9.17) is 11.5 Å². The van der Waals surface area contributed by atoms with E-state index in [0.717, 1.165) is 6.92 Å². The fraction of sp³-hybridized carbons (Fsp3) is 1.00. The van der Waals surface area contributed by atoms with Crippen LogP contribution in [0.3, 0.4) is 0 Å². The number of halogens is 3. The fourth-order valence-electron chi connectivity index (χ4n) is 0.447. The number of hydrogen-bond acceptors (Lipinski definition) is 2. The van der Waals surface area contributed by atoms with Crippen molar-refractivity contribution in [2.45, 2.75) is 19.1 Å². The highest BCUT2D eigenvalue weighted by molar-refractivity contribution is 4.75. The van der Waals surface area contributed by atoms with Gasteiger partial charge in [0.1, 0.15) is 0 Å². The first-order valence-electron chi connectivity index (χ1n) is 2.92. The van der Waals surface area contributed by atoms with Crippen LogP contribution in [-0.4, -0.2) is 18.8 Å². The van der Waals surface area contributed by atoms with Gasteiger partial charge < -0.3 is 11.5 Å². The van der Waals surface area contributed by atoms with Crippen LogP contribution in [0.15, 0.2) is 0 Å². The van der Waals surface area contributed by atoms with Crippen LogP contribution in [0.5, 0.6) is 0 Å². The second-order valence-electron chi connectivity index (χ2n) is 2.23. The molecule has 0 fully saturated rings. The van der Waals surface area contributed by atoms with E-state index in [0.29, 0.717) is 0 Å². The predicted molar refractivity (Wildman–Crippen MR) is 32.2 cm³/mol. The summed E-state index contributed by atoms with van der Waals surface area (Å²) in [5.74, 6) is -1.52. The Morgan fingerprint density at radius 2 is 1.80 bits per heavy atom. The third kappa shape index (κ3) is 2.53. The SMILES string of the molecule is CC(C(N)CN)C(F)(F)F. The molecule has 0 radical (unpaired) electrons. The van der Waals surface area contributed by atoms with E-state index in [2.05, 4.69) is 0 Å². The van der Waals surface area contributed by atoms with Gasteiger partial charge in [0.2, 0.25) is 0 Å². The molecule has 0 rings (SSSR count). The van der Waals surface area contributed by atoms with Crippen LogP contribution in [-0.2, 0) is 0 Å². The predicted octanol–water partition coefficient (Wildman–Crippen LogP) is 0.471.